The number of benzene rings is 1. The molecule has 3 rings (SSSR count). The molecule has 0 aliphatic rings. The normalized spacial score (nSPS) is 11.4. The number of pyridine rings is 1. The summed E-state index contributed by atoms with van der Waals surface area (Å²) in [5.74, 6) is 0. The molecule has 1 aromatic carbocycles. The first-order valence-corrected chi connectivity index (χ1v) is 5.89. The highest BCUT2D eigenvalue weighted by Gasteiger charge is 1.98. The molecule has 0 bridgehead atoms. The Morgan fingerprint density at radius 2 is 2.00 bits per heavy atom. The zero-order valence-electron chi connectivity index (χ0n) is 10.2. The summed E-state index contributed by atoms with van der Waals surface area (Å²) in [6, 6.07) is 14.3. The van der Waals surface area contributed by atoms with E-state index in [2.05, 4.69) is 23.3 Å². The van der Waals surface area contributed by atoms with E-state index >= 15 is 0 Å². The molecule has 18 heavy (non-hydrogen) atoms. The topological polar surface area (TPSA) is 21.2 Å². The zero-order valence-corrected chi connectivity index (χ0v) is 10.2. The number of hydrogen-bond donors (Lipinski definition) is 0. The van der Waals surface area contributed by atoms with Gasteiger partial charge in [0.2, 0.25) is 0 Å². The van der Waals surface area contributed by atoms with Gasteiger partial charge in [-0.1, -0.05) is 18.2 Å². The van der Waals surface area contributed by atoms with E-state index in [1.54, 1.807) is 0 Å². The molecule has 0 aliphatic heterocycles. The van der Waals surface area contributed by atoms with Crippen LogP contribution in [0.4, 0.5) is 0 Å². The summed E-state index contributed by atoms with van der Waals surface area (Å²) in [5, 5.41) is 5.69. The van der Waals surface area contributed by atoms with Gasteiger partial charge >= 0.3 is 0 Å². The van der Waals surface area contributed by atoms with Crippen LogP contribution in [0.5, 0.6) is 0 Å². The van der Waals surface area contributed by atoms with Crippen LogP contribution in [0.2, 0.25) is 0 Å². The van der Waals surface area contributed by atoms with Gasteiger partial charge in [0.1, 0.15) is 7.05 Å². The van der Waals surface area contributed by atoms with Gasteiger partial charge in [0, 0.05) is 17.6 Å². The summed E-state index contributed by atoms with van der Waals surface area (Å²) in [6.07, 6.45) is 7.88. The molecule has 0 N–H and O–H groups in total. The second kappa shape index (κ2) is 4.45. The molecule has 2 heterocycles. The third kappa shape index (κ3) is 2.02. The van der Waals surface area contributed by atoms with Gasteiger partial charge in [-0.3, -0.25) is 0 Å². The van der Waals surface area contributed by atoms with Gasteiger partial charge in [-0.25, -0.2) is 9.24 Å². The first-order chi connectivity index (χ1) is 8.83. The van der Waals surface area contributed by atoms with E-state index in [4.69, 9.17) is 0 Å². The van der Waals surface area contributed by atoms with E-state index in [1.807, 2.05) is 65.4 Å². The van der Waals surface area contributed by atoms with Crippen LogP contribution in [-0.2, 0) is 7.05 Å². The van der Waals surface area contributed by atoms with Crippen molar-refractivity contribution in [3.05, 3.63) is 66.6 Å². The van der Waals surface area contributed by atoms with Crippen molar-refractivity contribution in [2.45, 2.75) is 0 Å². The molecule has 3 heteroatoms. The number of rotatable bonds is 2. The number of fused-ring (bicyclic) bond motifs is 1. The molecule has 3 aromatic rings. The van der Waals surface area contributed by atoms with Crippen molar-refractivity contribution >= 4 is 17.1 Å². The smallest absolute Gasteiger partial charge is 0.177 e. The van der Waals surface area contributed by atoms with Crippen LogP contribution in [0.3, 0.4) is 0 Å². The summed E-state index contributed by atoms with van der Waals surface area (Å²) >= 11 is 0. The van der Waals surface area contributed by atoms with E-state index in [1.165, 1.54) is 5.39 Å². The number of aromatic nitrogens is 2. The van der Waals surface area contributed by atoms with Gasteiger partial charge in [-0.05, 0) is 18.2 Å². The lowest BCUT2D eigenvalue weighted by atomic mass is 10.3. The molecule has 0 unspecified atom stereocenters. The minimum atomic E-state index is 1.08. The van der Waals surface area contributed by atoms with Crippen molar-refractivity contribution in [2.24, 2.45) is 12.1 Å². The van der Waals surface area contributed by atoms with Crippen LogP contribution in [0.1, 0.15) is 5.56 Å². The second-order valence-electron chi connectivity index (χ2n) is 4.27. The van der Waals surface area contributed by atoms with Crippen molar-refractivity contribution in [1.29, 1.82) is 0 Å². The van der Waals surface area contributed by atoms with Gasteiger partial charge < -0.3 is 0 Å². The highest BCUT2D eigenvalue weighted by atomic mass is 15.3. The fourth-order valence-electron chi connectivity index (χ4n) is 1.99. The summed E-state index contributed by atoms with van der Waals surface area (Å²) in [5.41, 5.74) is 2.20. The molecule has 0 amide bonds. The van der Waals surface area contributed by atoms with Crippen LogP contribution >= 0.6 is 0 Å². The quantitative estimate of drug-likeness (QED) is 0.481. The van der Waals surface area contributed by atoms with Gasteiger partial charge in [0.25, 0.3) is 0 Å². The lowest BCUT2D eigenvalue weighted by molar-refractivity contribution is -0.671. The first kappa shape index (κ1) is 10.7. The molecule has 88 valence electrons. The molecule has 0 atom stereocenters. The minimum Gasteiger partial charge on any atom is -0.240 e. The van der Waals surface area contributed by atoms with E-state index < -0.39 is 0 Å². The summed E-state index contributed by atoms with van der Waals surface area (Å²) in [4.78, 5) is 0. The van der Waals surface area contributed by atoms with E-state index in [9.17, 15) is 0 Å². The molecular formula is C15H14N3+. The van der Waals surface area contributed by atoms with Gasteiger partial charge in [-0.2, -0.15) is 5.10 Å². The molecule has 2 aromatic heterocycles. The van der Waals surface area contributed by atoms with Gasteiger partial charge in [0.15, 0.2) is 12.4 Å². The monoisotopic (exact) mass is 236 g/mol. The number of para-hydroxylation sites is 1. The first-order valence-electron chi connectivity index (χ1n) is 5.89. The third-order valence-electron chi connectivity index (χ3n) is 2.87. The average molecular weight is 236 g/mol. The lowest BCUT2D eigenvalue weighted by Gasteiger charge is -1.96. The van der Waals surface area contributed by atoms with Crippen LogP contribution in [0.25, 0.3) is 10.9 Å². The molecule has 0 saturated carbocycles. The van der Waals surface area contributed by atoms with E-state index in [0.29, 0.717) is 0 Å². The Hall–Kier alpha value is -2.42. The van der Waals surface area contributed by atoms with E-state index in [-0.39, 0.29) is 0 Å². The van der Waals surface area contributed by atoms with Gasteiger partial charge in [-0.15, -0.1) is 0 Å². The highest BCUT2D eigenvalue weighted by Crippen LogP contribution is 2.14. The number of nitrogens with zero attached hydrogens (tertiary/aromatic N) is 3. The number of aryl methyl sites for hydroxylation is 1. The van der Waals surface area contributed by atoms with Crippen molar-refractivity contribution < 1.29 is 4.57 Å². The fraction of sp³-hybridized carbons (Fsp3) is 0.0667. The van der Waals surface area contributed by atoms with E-state index in [0.717, 1.165) is 11.1 Å². The standard InChI is InChI=1S/C15H14N3/c1-17-9-4-5-13(12-17)11-16-18-10-8-14-6-2-3-7-15(14)18/h2-12H,1H3/q+1. The van der Waals surface area contributed by atoms with Crippen LogP contribution in [-0.4, -0.2) is 10.9 Å². The third-order valence-corrected chi connectivity index (χ3v) is 2.87. The maximum absolute atomic E-state index is 4.48. The predicted molar refractivity (Wildman–Crippen MR) is 72.5 cm³/mol. The van der Waals surface area contributed by atoms with Crippen LogP contribution < -0.4 is 4.57 Å². The van der Waals surface area contributed by atoms with Crippen molar-refractivity contribution in [1.82, 2.24) is 4.68 Å². The summed E-state index contributed by atoms with van der Waals surface area (Å²) in [7, 11) is 2.00. The Morgan fingerprint density at radius 3 is 2.89 bits per heavy atom. The molecule has 0 radical (unpaired) electrons. The Kier molecular flexibility index (Phi) is 2.65. The largest absolute Gasteiger partial charge is 0.240 e. The molecular weight excluding hydrogens is 222 g/mol. The van der Waals surface area contributed by atoms with Crippen molar-refractivity contribution in [3.8, 4) is 0 Å². The SMILES string of the molecule is C[n+]1cccc(C=Nn2ccc3ccccc32)c1. The highest BCUT2D eigenvalue weighted by molar-refractivity contribution is 5.82. The lowest BCUT2D eigenvalue weighted by Crippen LogP contribution is -2.26. The van der Waals surface area contributed by atoms with Crippen LogP contribution in [0, 0.1) is 0 Å². The molecule has 0 saturated heterocycles. The Labute approximate surface area is 106 Å². The Morgan fingerprint density at radius 1 is 1.11 bits per heavy atom. The average Bonchev–Trinajstić information content (AvgIpc) is 2.80. The molecule has 3 nitrogen and oxygen atoms in total. The predicted octanol–water partition coefficient (Wildman–Crippen LogP) is 2.35. The van der Waals surface area contributed by atoms with Crippen molar-refractivity contribution in [3.63, 3.8) is 0 Å². The van der Waals surface area contributed by atoms with Crippen molar-refractivity contribution in [2.75, 3.05) is 0 Å². The van der Waals surface area contributed by atoms with Gasteiger partial charge in [0.05, 0.1) is 17.3 Å². The Balaban J connectivity index is 1.97. The summed E-state index contributed by atoms with van der Waals surface area (Å²) < 4.78 is 3.90. The van der Waals surface area contributed by atoms with Crippen LogP contribution in [0.15, 0.2) is 66.2 Å². The molecule has 0 aliphatic carbocycles. The minimum absolute atomic E-state index is 1.08. The second-order valence-corrected chi connectivity index (χ2v) is 4.27. The zero-order chi connectivity index (χ0) is 12.4. The molecule has 0 fully saturated rings. The maximum atomic E-state index is 4.48. The fourth-order valence-corrected chi connectivity index (χ4v) is 1.99. The summed E-state index contributed by atoms with van der Waals surface area (Å²) in [6.45, 7) is 0. The Bertz CT molecular complexity index is 710. The maximum Gasteiger partial charge on any atom is 0.177 e. The number of hydrogen-bond acceptors (Lipinski definition) is 1. The molecule has 0 spiro atoms.